The molecule has 3 amide bonds. The van der Waals surface area contributed by atoms with Crippen molar-refractivity contribution in [1.82, 2.24) is 25.9 Å². The van der Waals surface area contributed by atoms with Crippen molar-refractivity contribution in [2.75, 3.05) is 6.54 Å². The Bertz CT molecular complexity index is 842. The summed E-state index contributed by atoms with van der Waals surface area (Å²) >= 11 is 0. The summed E-state index contributed by atoms with van der Waals surface area (Å²) in [6.45, 7) is -0.734. The number of carboxylic acid groups (broad SMARTS) is 3. The highest BCUT2D eigenvalue weighted by Crippen LogP contribution is 2.02. The van der Waals surface area contributed by atoms with Crippen molar-refractivity contribution in [1.29, 1.82) is 0 Å². The summed E-state index contributed by atoms with van der Waals surface area (Å²) in [5, 5.41) is 32.8. The average molecular weight is 456 g/mol. The lowest BCUT2D eigenvalue weighted by atomic mass is 10.1. The minimum atomic E-state index is -1.71. The molecular formula is C17H24N6O9. The summed E-state index contributed by atoms with van der Waals surface area (Å²) in [7, 11) is 0. The first-order valence-electron chi connectivity index (χ1n) is 9.26. The number of aromatic amines is 1. The first-order chi connectivity index (χ1) is 15.0. The second kappa shape index (κ2) is 12.6. The molecule has 0 bridgehead atoms. The van der Waals surface area contributed by atoms with Crippen molar-refractivity contribution in [3.8, 4) is 0 Å². The van der Waals surface area contributed by atoms with E-state index in [1.54, 1.807) is 0 Å². The van der Waals surface area contributed by atoms with Crippen LogP contribution in [0.3, 0.4) is 0 Å². The Morgan fingerprint density at radius 2 is 1.69 bits per heavy atom. The van der Waals surface area contributed by atoms with Gasteiger partial charge in [0.15, 0.2) is 0 Å². The van der Waals surface area contributed by atoms with Crippen molar-refractivity contribution >= 4 is 35.6 Å². The van der Waals surface area contributed by atoms with Crippen molar-refractivity contribution in [3.05, 3.63) is 18.2 Å². The molecule has 1 heterocycles. The number of nitrogens with two attached hydrogens (primary N) is 1. The molecule has 0 aliphatic heterocycles. The summed E-state index contributed by atoms with van der Waals surface area (Å²) in [6.07, 6.45) is 1.26. The highest BCUT2D eigenvalue weighted by molar-refractivity contribution is 5.93. The van der Waals surface area contributed by atoms with E-state index in [0.29, 0.717) is 5.69 Å². The van der Waals surface area contributed by atoms with E-state index in [2.05, 4.69) is 20.6 Å². The number of amides is 3. The molecule has 1 aromatic rings. The number of hydrogen-bond acceptors (Lipinski definition) is 8. The zero-order valence-corrected chi connectivity index (χ0v) is 16.7. The fourth-order valence-electron chi connectivity index (χ4n) is 2.45. The fraction of sp³-hybridized carbons (Fsp3) is 0.471. The monoisotopic (exact) mass is 456 g/mol. The summed E-state index contributed by atoms with van der Waals surface area (Å²) < 4.78 is 0. The van der Waals surface area contributed by atoms with Crippen LogP contribution < -0.4 is 21.7 Å². The molecule has 0 aliphatic rings. The van der Waals surface area contributed by atoms with E-state index >= 15 is 0 Å². The second-order valence-electron chi connectivity index (χ2n) is 6.66. The van der Waals surface area contributed by atoms with Crippen LogP contribution in [0.2, 0.25) is 0 Å². The number of H-pyrrole nitrogens is 1. The van der Waals surface area contributed by atoms with Gasteiger partial charge < -0.3 is 42.0 Å². The third-order valence-electron chi connectivity index (χ3n) is 4.05. The molecule has 15 nitrogen and oxygen atoms in total. The van der Waals surface area contributed by atoms with E-state index in [1.165, 1.54) is 12.5 Å². The zero-order chi connectivity index (χ0) is 24.3. The molecule has 176 valence electrons. The van der Waals surface area contributed by atoms with Gasteiger partial charge in [0.1, 0.15) is 12.1 Å². The second-order valence-corrected chi connectivity index (χ2v) is 6.66. The molecule has 3 unspecified atom stereocenters. The van der Waals surface area contributed by atoms with Gasteiger partial charge in [0.05, 0.1) is 25.3 Å². The number of nitrogens with one attached hydrogen (secondary N) is 4. The van der Waals surface area contributed by atoms with Crippen LogP contribution in [0.25, 0.3) is 0 Å². The number of rotatable bonds is 14. The largest absolute Gasteiger partial charge is 0.481 e. The lowest BCUT2D eigenvalue weighted by molar-refractivity contribution is -0.147. The Labute approximate surface area is 180 Å². The number of carboxylic acids is 3. The van der Waals surface area contributed by atoms with Gasteiger partial charge in [-0.25, -0.2) is 9.78 Å². The highest BCUT2D eigenvalue weighted by atomic mass is 16.4. The maximum absolute atomic E-state index is 12.4. The summed E-state index contributed by atoms with van der Waals surface area (Å²) in [6, 6.07) is -4.13. The van der Waals surface area contributed by atoms with Gasteiger partial charge in [-0.2, -0.15) is 0 Å². The molecule has 1 rings (SSSR count). The standard InChI is InChI=1S/C17H24N6O9/c18-9(3-8-5-19-7-21-8)15(29)23-10(1-2-13(25)26)16(30)20-6-12(24)22-11(17(31)32)4-14(27)28/h5,7,9-11H,1-4,6,18H2,(H,19,21)(H,20,30)(H,22,24)(H,23,29)(H,25,26)(H,27,28)(H,31,32). The lowest BCUT2D eigenvalue weighted by Crippen LogP contribution is -2.54. The van der Waals surface area contributed by atoms with E-state index in [9.17, 15) is 28.8 Å². The normalized spacial score (nSPS) is 13.3. The smallest absolute Gasteiger partial charge is 0.326 e. The van der Waals surface area contributed by atoms with Crippen LogP contribution in [-0.2, 0) is 35.2 Å². The number of carbonyl (C=O) groups is 6. The van der Waals surface area contributed by atoms with Gasteiger partial charge in [-0.3, -0.25) is 24.0 Å². The Morgan fingerprint density at radius 3 is 2.22 bits per heavy atom. The van der Waals surface area contributed by atoms with Gasteiger partial charge in [-0.1, -0.05) is 0 Å². The molecule has 0 fully saturated rings. The topological polar surface area (TPSA) is 254 Å². The van der Waals surface area contributed by atoms with E-state index in [0.717, 1.165) is 0 Å². The molecule has 0 aliphatic carbocycles. The quantitative estimate of drug-likeness (QED) is 0.138. The number of nitrogens with zero attached hydrogens (tertiary/aromatic N) is 1. The molecule has 0 saturated carbocycles. The minimum Gasteiger partial charge on any atom is -0.481 e. The van der Waals surface area contributed by atoms with Gasteiger partial charge in [0, 0.05) is 24.7 Å². The maximum atomic E-state index is 12.4. The molecule has 0 radical (unpaired) electrons. The van der Waals surface area contributed by atoms with Crippen molar-refractivity contribution in [3.63, 3.8) is 0 Å². The van der Waals surface area contributed by atoms with Crippen LogP contribution in [-0.4, -0.2) is 85.6 Å². The number of hydrogen-bond donors (Lipinski definition) is 8. The molecule has 32 heavy (non-hydrogen) atoms. The maximum Gasteiger partial charge on any atom is 0.326 e. The third-order valence-corrected chi connectivity index (χ3v) is 4.05. The number of aliphatic carboxylic acids is 3. The Balaban J connectivity index is 2.68. The van der Waals surface area contributed by atoms with Gasteiger partial charge in [-0.05, 0) is 6.42 Å². The molecule has 0 saturated heterocycles. The zero-order valence-electron chi connectivity index (χ0n) is 16.7. The summed E-state index contributed by atoms with van der Waals surface area (Å²) in [5.41, 5.74) is 6.34. The van der Waals surface area contributed by atoms with Gasteiger partial charge >= 0.3 is 17.9 Å². The van der Waals surface area contributed by atoms with Crippen LogP contribution in [0.5, 0.6) is 0 Å². The molecular weight excluding hydrogens is 432 g/mol. The number of imidazole rings is 1. The Hall–Kier alpha value is -4.01. The molecule has 3 atom stereocenters. The SMILES string of the molecule is NC(Cc1cnc[nH]1)C(=O)NC(CCC(=O)O)C(=O)NCC(=O)NC(CC(=O)O)C(=O)O. The molecule has 0 spiro atoms. The summed E-state index contributed by atoms with van der Waals surface area (Å²) in [5.74, 6) is -6.91. The van der Waals surface area contributed by atoms with Gasteiger partial charge in [0.2, 0.25) is 17.7 Å². The number of aromatic nitrogens is 2. The fourth-order valence-corrected chi connectivity index (χ4v) is 2.45. The first kappa shape index (κ1) is 26.0. The van der Waals surface area contributed by atoms with Crippen molar-refractivity contribution in [2.45, 2.75) is 43.8 Å². The lowest BCUT2D eigenvalue weighted by Gasteiger charge is -2.20. The average Bonchev–Trinajstić information content (AvgIpc) is 3.20. The predicted molar refractivity (Wildman–Crippen MR) is 104 cm³/mol. The Morgan fingerprint density at radius 1 is 1.00 bits per heavy atom. The summed E-state index contributed by atoms with van der Waals surface area (Å²) in [4.78, 5) is 75.5. The van der Waals surface area contributed by atoms with Crippen LogP contribution in [0.15, 0.2) is 12.5 Å². The van der Waals surface area contributed by atoms with Gasteiger partial charge in [-0.15, -0.1) is 0 Å². The van der Waals surface area contributed by atoms with Crippen LogP contribution in [0.4, 0.5) is 0 Å². The molecule has 15 heteroatoms. The van der Waals surface area contributed by atoms with Crippen LogP contribution in [0, 0.1) is 0 Å². The van der Waals surface area contributed by atoms with E-state index < -0.39 is 73.1 Å². The molecule has 1 aromatic heterocycles. The third kappa shape index (κ3) is 9.66. The van der Waals surface area contributed by atoms with E-state index in [-0.39, 0.29) is 12.8 Å². The first-order valence-corrected chi connectivity index (χ1v) is 9.26. The molecule has 9 N–H and O–H groups in total. The predicted octanol–water partition coefficient (Wildman–Crippen LogP) is -3.21. The molecule has 0 aromatic carbocycles. The van der Waals surface area contributed by atoms with Crippen LogP contribution in [0.1, 0.15) is 25.0 Å². The van der Waals surface area contributed by atoms with E-state index in [1.807, 2.05) is 5.32 Å². The van der Waals surface area contributed by atoms with Crippen molar-refractivity contribution < 1.29 is 44.1 Å². The van der Waals surface area contributed by atoms with E-state index in [4.69, 9.17) is 21.1 Å². The van der Waals surface area contributed by atoms with Crippen LogP contribution >= 0.6 is 0 Å². The van der Waals surface area contributed by atoms with Crippen molar-refractivity contribution in [2.24, 2.45) is 5.73 Å². The number of carbonyl (C=O) groups excluding carboxylic acids is 3. The highest BCUT2D eigenvalue weighted by Gasteiger charge is 2.26. The van der Waals surface area contributed by atoms with Gasteiger partial charge in [0.25, 0.3) is 0 Å². The minimum absolute atomic E-state index is 0.0711. The Kier molecular flexibility index (Phi) is 10.3.